The lowest BCUT2D eigenvalue weighted by Gasteiger charge is -2.35. The number of carbonyl (C=O) groups excluding carboxylic acids is 1. The molecule has 0 bridgehead atoms. The van der Waals surface area contributed by atoms with Gasteiger partial charge in [-0.25, -0.2) is 8.42 Å². The molecule has 3 heterocycles. The first-order chi connectivity index (χ1) is 11.4. The van der Waals surface area contributed by atoms with E-state index in [-0.39, 0.29) is 24.0 Å². The molecule has 1 atom stereocenters. The average Bonchev–Trinajstić information content (AvgIpc) is 3.02. The van der Waals surface area contributed by atoms with Crippen LogP contribution >= 0.6 is 0 Å². The standard InChI is InChI=1S/C16H20N4O3S/c1-3-19-10-14(9-18-19)15-11-24(22,23)5-4-20(15)16(21)13-6-12(2)7-17-8-13/h6-10,15H,3-5,11H2,1-2H3. The van der Waals surface area contributed by atoms with Crippen LogP contribution in [0.5, 0.6) is 0 Å². The molecular weight excluding hydrogens is 328 g/mol. The monoisotopic (exact) mass is 348 g/mol. The van der Waals surface area contributed by atoms with Crippen molar-refractivity contribution in [2.75, 3.05) is 18.1 Å². The average molecular weight is 348 g/mol. The van der Waals surface area contributed by atoms with Crippen LogP contribution in [0.15, 0.2) is 30.9 Å². The van der Waals surface area contributed by atoms with Crippen LogP contribution in [0.4, 0.5) is 0 Å². The van der Waals surface area contributed by atoms with Crippen LogP contribution in [0.2, 0.25) is 0 Å². The van der Waals surface area contributed by atoms with Crippen molar-refractivity contribution in [1.82, 2.24) is 19.7 Å². The lowest BCUT2D eigenvalue weighted by Crippen LogP contribution is -2.46. The Morgan fingerprint density at radius 3 is 2.79 bits per heavy atom. The van der Waals surface area contributed by atoms with Crippen LogP contribution in [0.1, 0.15) is 34.5 Å². The Hall–Kier alpha value is -2.22. The van der Waals surface area contributed by atoms with Gasteiger partial charge in [0.1, 0.15) is 0 Å². The molecule has 1 saturated heterocycles. The molecule has 0 saturated carbocycles. The summed E-state index contributed by atoms with van der Waals surface area (Å²) in [5.41, 5.74) is 2.11. The largest absolute Gasteiger partial charge is 0.329 e. The molecule has 0 aliphatic carbocycles. The molecule has 0 spiro atoms. The van der Waals surface area contributed by atoms with Crippen molar-refractivity contribution in [3.63, 3.8) is 0 Å². The summed E-state index contributed by atoms with van der Waals surface area (Å²) in [5.74, 6) is -0.292. The summed E-state index contributed by atoms with van der Waals surface area (Å²) in [6.45, 7) is 4.69. The Kier molecular flexibility index (Phi) is 4.40. The van der Waals surface area contributed by atoms with E-state index in [2.05, 4.69) is 10.1 Å². The first kappa shape index (κ1) is 16.6. The van der Waals surface area contributed by atoms with Gasteiger partial charge in [-0.05, 0) is 25.5 Å². The summed E-state index contributed by atoms with van der Waals surface area (Å²) in [6, 6.07) is 1.25. The molecule has 2 aromatic heterocycles. The second-order valence-electron chi connectivity index (χ2n) is 6.01. The van der Waals surface area contributed by atoms with E-state index < -0.39 is 15.9 Å². The number of amides is 1. The van der Waals surface area contributed by atoms with Gasteiger partial charge in [0.05, 0.1) is 29.3 Å². The third-order valence-electron chi connectivity index (χ3n) is 4.18. The zero-order valence-electron chi connectivity index (χ0n) is 13.7. The summed E-state index contributed by atoms with van der Waals surface area (Å²) in [4.78, 5) is 18.6. The van der Waals surface area contributed by atoms with Gasteiger partial charge in [-0.2, -0.15) is 5.10 Å². The Labute approximate surface area is 141 Å². The predicted molar refractivity (Wildman–Crippen MR) is 89.3 cm³/mol. The van der Waals surface area contributed by atoms with Gasteiger partial charge >= 0.3 is 0 Å². The van der Waals surface area contributed by atoms with Crippen LogP contribution in [0, 0.1) is 6.92 Å². The lowest BCUT2D eigenvalue weighted by atomic mass is 10.1. The third kappa shape index (κ3) is 3.33. The second-order valence-corrected chi connectivity index (χ2v) is 8.24. The maximum Gasteiger partial charge on any atom is 0.256 e. The molecule has 1 aliphatic rings. The summed E-state index contributed by atoms with van der Waals surface area (Å²) < 4.78 is 25.9. The summed E-state index contributed by atoms with van der Waals surface area (Å²) in [6.07, 6.45) is 6.65. The van der Waals surface area contributed by atoms with Crippen molar-refractivity contribution in [3.05, 3.63) is 47.5 Å². The Balaban J connectivity index is 1.96. The van der Waals surface area contributed by atoms with Gasteiger partial charge in [0.2, 0.25) is 0 Å². The van der Waals surface area contributed by atoms with Crippen LogP contribution in [0.3, 0.4) is 0 Å². The zero-order chi connectivity index (χ0) is 17.3. The molecule has 1 amide bonds. The number of sulfone groups is 1. The van der Waals surface area contributed by atoms with Crippen LogP contribution in [0.25, 0.3) is 0 Å². The molecule has 2 aromatic rings. The SMILES string of the molecule is CCn1cc(C2CS(=O)(=O)CCN2C(=O)c2cncc(C)c2)cn1. The van der Waals surface area contributed by atoms with Gasteiger partial charge in [0.25, 0.3) is 5.91 Å². The van der Waals surface area contributed by atoms with E-state index in [4.69, 9.17) is 0 Å². The Bertz CT molecular complexity index is 860. The van der Waals surface area contributed by atoms with Crippen molar-refractivity contribution in [2.45, 2.75) is 26.4 Å². The molecule has 3 rings (SSSR count). The topological polar surface area (TPSA) is 85.2 Å². The number of pyridine rings is 1. The highest BCUT2D eigenvalue weighted by Crippen LogP contribution is 2.28. The fraction of sp³-hybridized carbons (Fsp3) is 0.438. The van der Waals surface area contributed by atoms with Gasteiger partial charge in [-0.15, -0.1) is 0 Å². The number of aromatic nitrogens is 3. The van der Waals surface area contributed by atoms with Gasteiger partial charge in [0.15, 0.2) is 9.84 Å². The Morgan fingerprint density at radius 2 is 2.12 bits per heavy atom. The fourth-order valence-electron chi connectivity index (χ4n) is 2.89. The molecule has 128 valence electrons. The van der Waals surface area contributed by atoms with Gasteiger partial charge in [-0.1, -0.05) is 0 Å². The maximum atomic E-state index is 12.9. The number of hydrogen-bond donors (Lipinski definition) is 0. The van der Waals surface area contributed by atoms with Crippen LogP contribution in [-0.4, -0.2) is 52.0 Å². The van der Waals surface area contributed by atoms with E-state index in [1.807, 2.05) is 13.8 Å². The van der Waals surface area contributed by atoms with Crippen LogP contribution < -0.4 is 0 Å². The molecule has 1 aliphatic heterocycles. The molecule has 0 N–H and O–H groups in total. The number of rotatable bonds is 3. The molecule has 1 unspecified atom stereocenters. The van der Waals surface area contributed by atoms with Crippen molar-refractivity contribution >= 4 is 15.7 Å². The van der Waals surface area contributed by atoms with E-state index >= 15 is 0 Å². The van der Waals surface area contributed by atoms with E-state index in [0.717, 1.165) is 11.1 Å². The third-order valence-corrected chi connectivity index (χ3v) is 5.80. The molecule has 24 heavy (non-hydrogen) atoms. The zero-order valence-corrected chi connectivity index (χ0v) is 14.5. The first-order valence-electron chi connectivity index (χ1n) is 7.85. The van der Waals surface area contributed by atoms with Crippen molar-refractivity contribution in [3.8, 4) is 0 Å². The molecule has 1 fully saturated rings. The molecule has 7 nitrogen and oxygen atoms in total. The fourth-order valence-corrected chi connectivity index (χ4v) is 4.38. The highest BCUT2D eigenvalue weighted by atomic mass is 32.2. The first-order valence-corrected chi connectivity index (χ1v) is 9.67. The summed E-state index contributed by atoms with van der Waals surface area (Å²) in [5, 5.41) is 4.21. The number of carbonyl (C=O) groups is 1. The molecule has 0 aromatic carbocycles. The van der Waals surface area contributed by atoms with E-state index in [1.165, 1.54) is 6.20 Å². The quantitative estimate of drug-likeness (QED) is 0.832. The lowest BCUT2D eigenvalue weighted by molar-refractivity contribution is 0.0697. The maximum absolute atomic E-state index is 12.9. The summed E-state index contributed by atoms with van der Waals surface area (Å²) >= 11 is 0. The van der Waals surface area contributed by atoms with Gasteiger partial charge in [0, 0.05) is 37.2 Å². The highest BCUT2D eigenvalue weighted by Gasteiger charge is 2.36. The minimum absolute atomic E-state index is 0.0175. The van der Waals surface area contributed by atoms with E-state index in [0.29, 0.717) is 12.1 Å². The van der Waals surface area contributed by atoms with Crippen molar-refractivity contribution in [1.29, 1.82) is 0 Å². The smallest absolute Gasteiger partial charge is 0.256 e. The number of aryl methyl sites for hydroxylation is 2. The highest BCUT2D eigenvalue weighted by molar-refractivity contribution is 7.91. The number of nitrogens with zero attached hydrogens (tertiary/aromatic N) is 4. The minimum atomic E-state index is -3.18. The van der Waals surface area contributed by atoms with Crippen molar-refractivity contribution < 1.29 is 13.2 Å². The number of hydrogen-bond acceptors (Lipinski definition) is 5. The van der Waals surface area contributed by atoms with Crippen molar-refractivity contribution in [2.24, 2.45) is 0 Å². The molecule has 8 heteroatoms. The second kappa shape index (κ2) is 6.35. The normalized spacial score (nSPS) is 20.1. The molecular formula is C16H20N4O3S. The van der Waals surface area contributed by atoms with E-state index in [9.17, 15) is 13.2 Å². The van der Waals surface area contributed by atoms with Gasteiger partial charge in [-0.3, -0.25) is 14.5 Å². The van der Waals surface area contributed by atoms with Crippen LogP contribution in [-0.2, 0) is 16.4 Å². The predicted octanol–water partition coefficient (Wildman–Crippen LogP) is 1.22. The Morgan fingerprint density at radius 1 is 1.33 bits per heavy atom. The molecule has 0 radical (unpaired) electrons. The van der Waals surface area contributed by atoms with Gasteiger partial charge < -0.3 is 4.90 Å². The minimum Gasteiger partial charge on any atom is -0.329 e. The summed E-state index contributed by atoms with van der Waals surface area (Å²) in [7, 11) is -3.18. The van der Waals surface area contributed by atoms with E-state index in [1.54, 1.807) is 34.2 Å².